The molecule has 136 valence electrons. The van der Waals surface area contributed by atoms with Crippen molar-refractivity contribution >= 4 is 38.9 Å². The first-order chi connectivity index (χ1) is 12.2. The van der Waals surface area contributed by atoms with Crippen molar-refractivity contribution in [3.05, 3.63) is 75.5 Å². The molecule has 0 radical (unpaired) electrons. The van der Waals surface area contributed by atoms with E-state index in [4.69, 9.17) is 23.2 Å². The lowest BCUT2D eigenvalue weighted by molar-refractivity contribution is 0.600. The van der Waals surface area contributed by atoms with Crippen molar-refractivity contribution in [1.82, 2.24) is 9.78 Å². The van der Waals surface area contributed by atoms with Crippen LogP contribution in [0.3, 0.4) is 0 Å². The molecule has 5 nitrogen and oxygen atoms in total. The number of aromatic nitrogens is 2. The molecule has 0 saturated carbocycles. The van der Waals surface area contributed by atoms with E-state index in [9.17, 15) is 8.42 Å². The van der Waals surface area contributed by atoms with Gasteiger partial charge in [0.15, 0.2) is 0 Å². The van der Waals surface area contributed by atoms with Gasteiger partial charge in [-0.15, -0.1) is 0 Å². The first-order valence-electron chi connectivity index (χ1n) is 7.81. The molecule has 0 unspecified atom stereocenters. The lowest BCUT2D eigenvalue weighted by Gasteiger charge is -2.09. The molecule has 0 spiro atoms. The number of rotatable bonds is 5. The molecule has 1 aromatic heterocycles. The maximum absolute atomic E-state index is 12.6. The third-order valence-electron chi connectivity index (χ3n) is 3.85. The summed E-state index contributed by atoms with van der Waals surface area (Å²) < 4.78 is 29.4. The molecule has 0 aliphatic carbocycles. The lowest BCUT2D eigenvalue weighted by Crippen LogP contribution is -2.14. The van der Waals surface area contributed by atoms with E-state index in [0.29, 0.717) is 27.8 Å². The number of sulfonamides is 1. The Hall–Kier alpha value is -2.02. The van der Waals surface area contributed by atoms with Gasteiger partial charge >= 0.3 is 0 Å². The predicted molar refractivity (Wildman–Crippen MR) is 105 cm³/mol. The van der Waals surface area contributed by atoms with E-state index in [1.165, 1.54) is 6.20 Å². The van der Waals surface area contributed by atoms with Crippen molar-refractivity contribution in [3.8, 4) is 0 Å². The summed E-state index contributed by atoms with van der Waals surface area (Å²) in [7, 11) is -3.68. The molecule has 0 fully saturated rings. The minimum Gasteiger partial charge on any atom is -0.276 e. The average molecular weight is 410 g/mol. The molecular weight excluding hydrogens is 393 g/mol. The summed E-state index contributed by atoms with van der Waals surface area (Å²) in [5.41, 5.74) is 2.92. The summed E-state index contributed by atoms with van der Waals surface area (Å²) in [5, 5.41) is 5.28. The fourth-order valence-corrected chi connectivity index (χ4v) is 4.36. The normalized spacial score (nSPS) is 11.5. The molecule has 0 aliphatic rings. The molecule has 1 N–H and O–H groups in total. The van der Waals surface area contributed by atoms with Gasteiger partial charge in [0.1, 0.15) is 0 Å². The SMILES string of the molecule is Cc1ccc(S(=O)(=O)Nc2cnn(Cc3ccc(Cl)cc3Cl)c2)c(C)c1. The van der Waals surface area contributed by atoms with Crippen LogP contribution in [0.4, 0.5) is 5.69 Å². The Morgan fingerprint density at radius 1 is 1.12 bits per heavy atom. The maximum Gasteiger partial charge on any atom is 0.262 e. The second kappa shape index (κ2) is 7.31. The van der Waals surface area contributed by atoms with Crippen molar-refractivity contribution in [2.75, 3.05) is 4.72 Å². The number of anilines is 1. The highest BCUT2D eigenvalue weighted by Gasteiger charge is 2.17. The standard InChI is InChI=1S/C18H17Cl2N3O2S/c1-12-3-6-18(13(2)7-12)26(24,25)22-16-9-21-23(11-16)10-14-4-5-15(19)8-17(14)20/h3-9,11,22H,10H2,1-2H3. The second-order valence-corrected chi connectivity index (χ2v) is 8.53. The molecule has 3 rings (SSSR count). The Kier molecular flexibility index (Phi) is 5.27. The van der Waals surface area contributed by atoms with Crippen LogP contribution in [-0.4, -0.2) is 18.2 Å². The zero-order chi connectivity index (χ0) is 18.9. The highest BCUT2D eigenvalue weighted by molar-refractivity contribution is 7.92. The molecule has 26 heavy (non-hydrogen) atoms. The number of aryl methyl sites for hydroxylation is 2. The average Bonchev–Trinajstić information content (AvgIpc) is 2.96. The van der Waals surface area contributed by atoms with Gasteiger partial charge in [-0.05, 0) is 43.2 Å². The predicted octanol–water partition coefficient (Wildman–Crippen LogP) is 4.66. The number of nitrogens with one attached hydrogen (secondary N) is 1. The third kappa shape index (κ3) is 4.20. The van der Waals surface area contributed by atoms with Crippen LogP contribution in [0.25, 0.3) is 0 Å². The van der Waals surface area contributed by atoms with Crippen LogP contribution in [0, 0.1) is 13.8 Å². The van der Waals surface area contributed by atoms with Gasteiger partial charge in [0.25, 0.3) is 10.0 Å². The minimum atomic E-state index is -3.68. The Morgan fingerprint density at radius 2 is 1.88 bits per heavy atom. The fraction of sp³-hybridized carbons (Fsp3) is 0.167. The Labute approximate surface area is 162 Å². The van der Waals surface area contributed by atoms with Crippen LogP contribution >= 0.6 is 23.2 Å². The smallest absolute Gasteiger partial charge is 0.262 e. The highest BCUT2D eigenvalue weighted by atomic mass is 35.5. The van der Waals surface area contributed by atoms with Crippen LogP contribution in [0.15, 0.2) is 53.7 Å². The summed E-state index contributed by atoms with van der Waals surface area (Å²) >= 11 is 12.1. The van der Waals surface area contributed by atoms with Crippen LogP contribution in [0.1, 0.15) is 16.7 Å². The van der Waals surface area contributed by atoms with Crippen LogP contribution < -0.4 is 4.72 Å². The lowest BCUT2D eigenvalue weighted by atomic mass is 10.2. The van der Waals surface area contributed by atoms with Gasteiger partial charge in [-0.25, -0.2) is 8.42 Å². The van der Waals surface area contributed by atoms with Crippen molar-refractivity contribution in [2.24, 2.45) is 0 Å². The van der Waals surface area contributed by atoms with E-state index in [-0.39, 0.29) is 4.90 Å². The number of hydrogen-bond donors (Lipinski definition) is 1. The zero-order valence-corrected chi connectivity index (χ0v) is 16.5. The third-order valence-corrected chi connectivity index (χ3v) is 5.98. The molecule has 1 heterocycles. The highest BCUT2D eigenvalue weighted by Crippen LogP contribution is 2.23. The van der Waals surface area contributed by atoms with E-state index in [2.05, 4.69) is 9.82 Å². The van der Waals surface area contributed by atoms with E-state index >= 15 is 0 Å². The maximum atomic E-state index is 12.6. The molecule has 0 bridgehead atoms. The largest absolute Gasteiger partial charge is 0.276 e. The quantitative estimate of drug-likeness (QED) is 0.666. The van der Waals surface area contributed by atoms with Gasteiger partial charge < -0.3 is 0 Å². The number of benzene rings is 2. The summed E-state index contributed by atoms with van der Waals surface area (Å²) in [5.74, 6) is 0. The van der Waals surface area contributed by atoms with Crippen LogP contribution in [0.5, 0.6) is 0 Å². The first kappa shape index (κ1) is 18.8. The van der Waals surface area contributed by atoms with E-state index < -0.39 is 10.0 Å². The monoisotopic (exact) mass is 409 g/mol. The summed E-state index contributed by atoms with van der Waals surface area (Å²) in [6.07, 6.45) is 3.08. The van der Waals surface area contributed by atoms with Crippen molar-refractivity contribution in [2.45, 2.75) is 25.3 Å². The van der Waals surface area contributed by atoms with Gasteiger partial charge in [0, 0.05) is 16.2 Å². The van der Waals surface area contributed by atoms with Gasteiger partial charge in [-0.3, -0.25) is 9.40 Å². The molecule has 0 amide bonds. The molecule has 3 aromatic rings. The van der Waals surface area contributed by atoms with Crippen molar-refractivity contribution in [3.63, 3.8) is 0 Å². The van der Waals surface area contributed by atoms with Gasteiger partial charge in [0.05, 0.1) is 23.3 Å². The van der Waals surface area contributed by atoms with Crippen molar-refractivity contribution < 1.29 is 8.42 Å². The van der Waals surface area contributed by atoms with E-state index in [1.54, 1.807) is 42.1 Å². The molecular formula is C18H17Cl2N3O2S. The summed E-state index contributed by atoms with van der Waals surface area (Å²) in [6.45, 7) is 4.09. The topological polar surface area (TPSA) is 64.0 Å². The van der Waals surface area contributed by atoms with E-state index in [0.717, 1.165) is 11.1 Å². The van der Waals surface area contributed by atoms with Gasteiger partial charge in [0.2, 0.25) is 0 Å². The molecule has 2 aromatic carbocycles. The molecule has 0 aliphatic heterocycles. The molecule has 0 saturated heterocycles. The number of nitrogens with zero attached hydrogens (tertiary/aromatic N) is 2. The van der Waals surface area contributed by atoms with Crippen LogP contribution in [0.2, 0.25) is 10.0 Å². The zero-order valence-electron chi connectivity index (χ0n) is 14.2. The minimum absolute atomic E-state index is 0.247. The molecule has 8 heteroatoms. The summed E-state index contributed by atoms with van der Waals surface area (Å²) in [6, 6.07) is 10.4. The first-order valence-corrected chi connectivity index (χ1v) is 10.0. The van der Waals surface area contributed by atoms with Gasteiger partial charge in [-0.2, -0.15) is 5.10 Å². The van der Waals surface area contributed by atoms with E-state index in [1.807, 2.05) is 19.1 Å². The number of halogens is 2. The Morgan fingerprint density at radius 3 is 2.58 bits per heavy atom. The van der Waals surface area contributed by atoms with Crippen molar-refractivity contribution in [1.29, 1.82) is 0 Å². The Balaban J connectivity index is 1.79. The second-order valence-electron chi connectivity index (χ2n) is 6.04. The van der Waals surface area contributed by atoms with Gasteiger partial charge in [-0.1, -0.05) is 47.0 Å². The summed E-state index contributed by atoms with van der Waals surface area (Å²) in [4.78, 5) is 0.247. The van der Waals surface area contributed by atoms with Crippen LogP contribution in [-0.2, 0) is 16.6 Å². The fourth-order valence-electron chi connectivity index (χ4n) is 2.64. The number of hydrogen-bond acceptors (Lipinski definition) is 3. The Bertz CT molecular complexity index is 1060. The molecule has 0 atom stereocenters.